The summed E-state index contributed by atoms with van der Waals surface area (Å²) in [5.74, 6) is 1.18. The van der Waals surface area contributed by atoms with Gasteiger partial charge in [-0.15, -0.1) is 0 Å². The number of anilines is 1. The maximum atomic E-state index is 12.2. The highest BCUT2D eigenvalue weighted by molar-refractivity contribution is 7.83. The minimum absolute atomic E-state index is 0.577. The lowest BCUT2D eigenvalue weighted by Gasteiger charge is -2.06. The Morgan fingerprint density at radius 3 is 2.00 bits per heavy atom. The Balaban J connectivity index is 2.03. The fraction of sp³-hybridized carbons (Fsp3) is 0.250. The second kappa shape index (κ2) is 6.02. The van der Waals surface area contributed by atoms with Crippen LogP contribution < -0.4 is 5.73 Å². The average Bonchev–Trinajstić information content (AvgIpc) is 2.30. The van der Waals surface area contributed by atoms with Crippen LogP contribution in [0.1, 0.15) is 22.3 Å². The number of hydrogen-bond acceptors (Lipinski definition) is 2. The number of nitrogen functional groups attached to an aromatic ring is 1. The molecular formula is C16H19NOS. The molecule has 0 radical (unpaired) electrons. The van der Waals surface area contributed by atoms with Gasteiger partial charge in [0.1, 0.15) is 0 Å². The largest absolute Gasteiger partial charge is 0.399 e. The summed E-state index contributed by atoms with van der Waals surface area (Å²) in [5, 5.41) is 0. The Labute approximate surface area is 117 Å². The average molecular weight is 273 g/mol. The normalized spacial score (nSPS) is 12.3. The molecule has 2 aromatic rings. The van der Waals surface area contributed by atoms with Gasteiger partial charge in [0.25, 0.3) is 0 Å². The zero-order chi connectivity index (χ0) is 13.8. The Hall–Kier alpha value is -1.61. The quantitative estimate of drug-likeness (QED) is 0.868. The summed E-state index contributed by atoms with van der Waals surface area (Å²) in [5.41, 5.74) is 11.0. The molecule has 0 aliphatic carbocycles. The van der Waals surface area contributed by atoms with Crippen molar-refractivity contribution in [2.24, 2.45) is 0 Å². The van der Waals surface area contributed by atoms with Gasteiger partial charge in [-0.05, 0) is 37.1 Å². The predicted molar refractivity (Wildman–Crippen MR) is 82.3 cm³/mol. The first-order chi connectivity index (χ1) is 9.02. The number of rotatable bonds is 4. The summed E-state index contributed by atoms with van der Waals surface area (Å²) in [6, 6.07) is 13.9. The zero-order valence-electron chi connectivity index (χ0n) is 11.3. The predicted octanol–water partition coefficient (Wildman–Crippen LogP) is 3.33. The van der Waals surface area contributed by atoms with E-state index < -0.39 is 10.8 Å². The van der Waals surface area contributed by atoms with Gasteiger partial charge in [0.05, 0.1) is 0 Å². The molecule has 0 heterocycles. The molecule has 0 saturated heterocycles. The first kappa shape index (κ1) is 13.8. The number of hydrogen-bond donors (Lipinski definition) is 1. The molecule has 2 N–H and O–H groups in total. The van der Waals surface area contributed by atoms with Gasteiger partial charge in [0, 0.05) is 28.0 Å². The van der Waals surface area contributed by atoms with E-state index in [9.17, 15) is 4.21 Å². The van der Waals surface area contributed by atoms with E-state index in [4.69, 9.17) is 5.73 Å². The smallest absolute Gasteiger partial charge is 0.0489 e. The number of benzene rings is 2. The molecule has 2 aromatic carbocycles. The molecule has 0 aliphatic rings. The highest BCUT2D eigenvalue weighted by atomic mass is 32.2. The van der Waals surface area contributed by atoms with E-state index in [0.717, 1.165) is 16.8 Å². The van der Waals surface area contributed by atoms with Gasteiger partial charge in [0.15, 0.2) is 0 Å². The van der Waals surface area contributed by atoms with Gasteiger partial charge >= 0.3 is 0 Å². The van der Waals surface area contributed by atoms with Crippen molar-refractivity contribution < 1.29 is 4.21 Å². The van der Waals surface area contributed by atoms with Crippen molar-refractivity contribution in [2.75, 3.05) is 5.73 Å². The third-order valence-corrected chi connectivity index (χ3v) is 4.23. The first-order valence-electron chi connectivity index (χ1n) is 6.29. The SMILES string of the molecule is Cc1cc(C)cc(CS(=O)Cc2ccc(N)cc2)c1. The third kappa shape index (κ3) is 4.21. The minimum atomic E-state index is -0.886. The summed E-state index contributed by atoms with van der Waals surface area (Å²) >= 11 is 0. The van der Waals surface area contributed by atoms with Crippen LogP contribution in [-0.4, -0.2) is 4.21 Å². The molecule has 19 heavy (non-hydrogen) atoms. The van der Waals surface area contributed by atoms with Gasteiger partial charge in [-0.1, -0.05) is 41.5 Å². The van der Waals surface area contributed by atoms with Crippen molar-refractivity contribution >= 4 is 16.5 Å². The molecule has 2 rings (SSSR count). The number of aryl methyl sites for hydroxylation is 2. The molecule has 0 saturated carbocycles. The number of nitrogens with two attached hydrogens (primary N) is 1. The topological polar surface area (TPSA) is 43.1 Å². The van der Waals surface area contributed by atoms with Crippen LogP contribution in [0, 0.1) is 13.8 Å². The monoisotopic (exact) mass is 273 g/mol. The molecule has 0 aromatic heterocycles. The zero-order valence-corrected chi connectivity index (χ0v) is 12.2. The Bertz CT molecular complexity index is 570. The maximum Gasteiger partial charge on any atom is 0.0489 e. The summed E-state index contributed by atoms with van der Waals surface area (Å²) < 4.78 is 12.2. The molecule has 1 atom stereocenters. The van der Waals surface area contributed by atoms with Crippen LogP contribution in [0.3, 0.4) is 0 Å². The van der Waals surface area contributed by atoms with E-state index >= 15 is 0 Å². The molecule has 1 unspecified atom stereocenters. The molecule has 0 spiro atoms. The summed E-state index contributed by atoms with van der Waals surface area (Å²) in [7, 11) is -0.886. The molecule has 2 nitrogen and oxygen atoms in total. The van der Waals surface area contributed by atoms with Crippen molar-refractivity contribution in [3.63, 3.8) is 0 Å². The van der Waals surface area contributed by atoms with Crippen molar-refractivity contribution in [2.45, 2.75) is 25.4 Å². The van der Waals surface area contributed by atoms with Crippen molar-refractivity contribution in [1.82, 2.24) is 0 Å². The Kier molecular flexibility index (Phi) is 4.38. The summed E-state index contributed by atoms with van der Waals surface area (Å²) in [6.07, 6.45) is 0. The summed E-state index contributed by atoms with van der Waals surface area (Å²) in [6.45, 7) is 4.14. The lowest BCUT2D eigenvalue weighted by molar-refractivity contribution is 0.682. The van der Waals surface area contributed by atoms with Crippen molar-refractivity contribution in [3.8, 4) is 0 Å². The van der Waals surface area contributed by atoms with Crippen LogP contribution in [0.15, 0.2) is 42.5 Å². The van der Waals surface area contributed by atoms with E-state index in [1.807, 2.05) is 24.3 Å². The van der Waals surface area contributed by atoms with Crippen molar-refractivity contribution in [1.29, 1.82) is 0 Å². The first-order valence-corrected chi connectivity index (χ1v) is 7.78. The fourth-order valence-corrected chi connectivity index (χ4v) is 3.39. The fourth-order valence-electron chi connectivity index (χ4n) is 2.19. The molecule has 0 bridgehead atoms. The third-order valence-electron chi connectivity index (χ3n) is 2.92. The lowest BCUT2D eigenvalue weighted by atomic mass is 10.1. The lowest BCUT2D eigenvalue weighted by Crippen LogP contribution is -2.00. The molecule has 0 fully saturated rings. The van der Waals surface area contributed by atoms with Gasteiger partial charge < -0.3 is 5.73 Å². The second-order valence-corrected chi connectivity index (χ2v) is 6.42. The maximum absolute atomic E-state index is 12.2. The molecule has 0 amide bonds. The van der Waals surface area contributed by atoms with E-state index in [1.54, 1.807) is 0 Å². The van der Waals surface area contributed by atoms with Gasteiger partial charge in [0.2, 0.25) is 0 Å². The highest BCUT2D eigenvalue weighted by Gasteiger charge is 2.04. The Morgan fingerprint density at radius 2 is 1.42 bits per heavy atom. The Morgan fingerprint density at radius 1 is 0.895 bits per heavy atom. The van der Waals surface area contributed by atoms with Crippen molar-refractivity contribution in [3.05, 3.63) is 64.7 Å². The van der Waals surface area contributed by atoms with Gasteiger partial charge in [-0.2, -0.15) is 0 Å². The molecule has 100 valence electrons. The molecular weight excluding hydrogens is 254 g/mol. The standard InChI is InChI=1S/C16H19NOS/c1-12-7-13(2)9-15(8-12)11-19(18)10-14-3-5-16(17)6-4-14/h3-9H,10-11,17H2,1-2H3. The van der Waals surface area contributed by atoms with Gasteiger partial charge in [-0.25, -0.2) is 0 Å². The van der Waals surface area contributed by atoms with E-state index in [0.29, 0.717) is 11.5 Å². The van der Waals surface area contributed by atoms with Crippen LogP contribution in [-0.2, 0) is 22.3 Å². The van der Waals surface area contributed by atoms with Crippen LogP contribution in [0.5, 0.6) is 0 Å². The van der Waals surface area contributed by atoms with Gasteiger partial charge in [-0.3, -0.25) is 4.21 Å². The summed E-state index contributed by atoms with van der Waals surface area (Å²) in [4.78, 5) is 0. The van der Waals surface area contributed by atoms with E-state index in [-0.39, 0.29) is 0 Å². The van der Waals surface area contributed by atoms with Crippen LogP contribution in [0.25, 0.3) is 0 Å². The molecule has 0 aliphatic heterocycles. The molecule has 3 heteroatoms. The van der Waals surface area contributed by atoms with Crippen LogP contribution in [0.2, 0.25) is 0 Å². The second-order valence-electron chi connectivity index (χ2n) is 4.97. The minimum Gasteiger partial charge on any atom is -0.399 e. The van der Waals surface area contributed by atoms with E-state index in [1.165, 1.54) is 11.1 Å². The van der Waals surface area contributed by atoms with E-state index in [2.05, 4.69) is 32.0 Å². The highest BCUT2D eigenvalue weighted by Crippen LogP contribution is 2.14. The van der Waals surface area contributed by atoms with Crippen LogP contribution in [0.4, 0.5) is 5.69 Å². The van der Waals surface area contributed by atoms with Crippen LogP contribution >= 0.6 is 0 Å².